The van der Waals surface area contributed by atoms with E-state index in [0.29, 0.717) is 0 Å². The second-order valence-corrected chi connectivity index (χ2v) is 4.88. The van der Waals surface area contributed by atoms with E-state index in [1.54, 1.807) is 12.4 Å². The second kappa shape index (κ2) is 5.02. The van der Waals surface area contributed by atoms with Crippen LogP contribution in [0.3, 0.4) is 0 Å². The van der Waals surface area contributed by atoms with Gasteiger partial charge in [-0.3, -0.25) is 4.98 Å². The molecular weight excluding hydrogens is 274 g/mol. The molecule has 0 radical (unpaired) electrons. The van der Waals surface area contributed by atoms with Gasteiger partial charge in [0.2, 0.25) is 5.28 Å². The quantitative estimate of drug-likeness (QED) is 0.678. The Balaban J connectivity index is 2.13. The second-order valence-electron chi connectivity index (χ2n) is 4.54. The highest BCUT2D eigenvalue weighted by atomic mass is 35.5. The molecule has 1 aromatic carbocycles. The molecule has 0 N–H and O–H groups in total. The lowest BCUT2D eigenvalue weighted by Gasteiger charge is -2.11. The van der Waals surface area contributed by atoms with Gasteiger partial charge in [0.25, 0.3) is 0 Å². The highest BCUT2D eigenvalue weighted by molar-refractivity contribution is 6.28. The molecule has 0 fully saturated rings. The fourth-order valence-corrected chi connectivity index (χ4v) is 2.02. The summed E-state index contributed by atoms with van der Waals surface area (Å²) in [6, 6.07) is 7.64. The van der Waals surface area contributed by atoms with Crippen molar-refractivity contribution < 1.29 is 0 Å². The van der Waals surface area contributed by atoms with Crippen LogP contribution in [0.15, 0.2) is 36.7 Å². The van der Waals surface area contributed by atoms with Gasteiger partial charge in [0, 0.05) is 25.9 Å². The molecule has 0 bridgehead atoms. The topological polar surface area (TPSA) is 54.8 Å². The molecule has 20 heavy (non-hydrogen) atoms. The third kappa shape index (κ3) is 2.40. The molecule has 0 saturated carbocycles. The van der Waals surface area contributed by atoms with E-state index in [-0.39, 0.29) is 5.28 Å². The lowest BCUT2D eigenvalue weighted by atomic mass is 10.1. The van der Waals surface area contributed by atoms with Crippen LogP contribution in [0, 0.1) is 0 Å². The minimum Gasteiger partial charge on any atom is -0.361 e. The maximum absolute atomic E-state index is 5.82. The zero-order valence-corrected chi connectivity index (χ0v) is 11.8. The zero-order chi connectivity index (χ0) is 14.1. The van der Waals surface area contributed by atoms with Crippen molar-refractivity contribution in [2.75, 3.05) is 19.0 Å². The third-order valence-corrected chi connectivity index (χ3v) is 3.09. The van der Waals surface area contributed by atoms with E-state index in [1.807, 2.05) is 43.3 Å². The van der Waals surface area contributed by atoms with Gasteiger partial charge in [-0.05, 0) is 29.8 Å². The van der Waals surface area contributed by atoms with E-state index in [2.05, 4.69) is 19.9 Å². The molecule has 3 aromatic rings. The van der Waals surface area contributed by atoms with Gasteiger partial charge in [-0.25, -0.2) is 15.0 Å². The molecular formula is C14H12ClN5. The van der Waals surface area contributed by atoms with Crippen molar-refractivity contribution in [3.8, 4) is 11.3 Å². The zero-order valence-electron chi connectivity index (χ0n) is 11.1. The van der Waals surface area contributed by atoms with Crippen LogP contribution in [0.2, 0.25) is 5.28 Å². The summed E-state index contributed by atoms with van der Waals surface area (Å²) < 4.78 is 0. The number of fused-ring (bicyclic) bond motifs is 1. The predicted octanol–water partition coefficient (Wildman–Crippen LogP) is 2.81. The van der Waals surface area contributed by atoms with Gasteiger partial charge in [-0.2, -0.15) is 0 Å². The maximum Gasteiger partial charge on any atom is 0.222 e. The molecule has 0 aliphatic rings. The highest BCUT2D eigenvalue weighted by Crippen LogP contribution is 2.22. The molecule has 0 spiro atoms. The Morgan fingerprint density at radius 2 is 1.85 bits per heavy atom. The van der Waals surface area contributed by atoms with Gasteiger partial charge in [0.05, 0.1) is 22.9 Å². The molecule has 2 heterocycles. The summed E-state index contributed by atoms with van der Waals surface area (Å²) in [5.41, 5.74) is 3.37. The van der Waals surface area contributed by atoms with Gasteiger partial charge >= 0.3 is 0 Å². The van der Waals surface area contributed by atoms with Gasteiger partial charge in [-0.1, -0.05) is 6.07 Å². The van der Waals surface area contributed by atoms with Crippen LogP contribution in [0.25, 0.3) is 22.3 Å². The lowest BCUT2D eigenvalue weighted by Crippen LogP contribution is -2.10. The fraction of sp³-hybridized carbons (Fsp3) is 0.143. The first-order valence-corrected chi connectivity index (χ1v) is 6.44. The number of anilines is 1. The van der Waals surface area contributed by atoms with E-state index >= 15 is 0 Å². The summed E-state index contributed by atoms with van der Waals surface area (Å²) in [6.45, 7) is 0. The Hall–Kier alpha value is -2.27. The Labute approximate surface area is 121 Å². The lowest BCUT2D eigenvalue weighted by molar-refractivity contribution is 1.06. The van der Waals surface area contributed by atoms with Crippen LogP contribution in [0.5, 0.6) is 0 Å². The standard InChI is InChI=1S/C14H12ClN5/c1-20(2)13-8-17-11-4-3-9(7-12(11)18-13)10-5-6-16-14(15)19-10/h3-8H,1-2H3. The summed E-state index contributed by atoms with van der Waals surface area (Å²) in [6.07, 6.45) is 3.39. The van der Waals surface area contributed by atoms with E-state index in [9.17, 15) is 0 Å². The van der Waals surface area contributed by atoms with Crippen LogP contribution in [-0.4, -0.2) is 34.0 Å². The van der Waals surface area contributed by atoms with Gasteiger partial charge < -0.3 is 4.90 Å². The molecule has 0 atom stereocenters. The van der Waals surface area contributed by atoms with E-state index in [1.165, 1.54) is 0 Å². The van der Waals surface area contributed by atoms with Crippen LogP contribution in [0.1, 0.15) is 0 Å². The van der Waals surface area contributed by atoms with Crippen LogP contribution < -0.4 is 4.90 Å². The van der Waals surface area contributed by atoms with Crippen LogP contribution in [-0.2, 0) is 0 Å². The Bertz CT molecular complexity index is 772. The first-order valence-electron chi connectivity index (χ1n) is 6.06. The maximum atomic E-state index is 5.82. The number of rotatable bonds is 2. The predicted molar refractivity (Wildman–Crippen MR) is 79.9 cm³/mol. The molecule has 6 heteroatoms. The molecule has 0 amide bonds. The van der Waals surface area contributed by atoms with Crippen molar-refractivity contribution in [2.24, 2.45) is 0 Å². The normalized spacial score (nSPS) is 10.8. The van der Waals surface area contributed by atoms with Crippen molar-refractivity contribution in [3.63, 3.8) is 0 Å². The average molecular weight is 286 g/mol. The molecule has 0 saturated heterocycles. The van der Waals surface area contributed by atoms with E-state index in [4.69, 9.17) is 11.6 Å². The minimum absolute atomic E-state index is 0.232. The number of nitrogens with zero attached hydrogens (tertiary/aromatic N) is 5. The van der Waals surface area contributed by atoms with Crippen LogP contribution in [0.4, 0.5) is 5.82 Å². The number of hydrogen-bond donors (Lipinski definition) is 0. The third-order valence-electron chi connectivity index (χ3n) is 2.91. The number of aromatic nitrogens is 4. The van der Waals surface area contributed by atoms with Crippen molar-refractivity contribution in [1.82, 2.24) is 19.9 Å². The van der Waals surface area contributed by atoms with Crippen LogP contribution >= 0.6 is 11.6 Å². The average Bonchev–Trinajstić information content (AvgIpc) is 2.46. The molecule has 0 aliphatic carbocycles. The largest absolute Gasteiger partial charge is 0.361 e. The van der Waals surface area contributed by atoms with Crippen molar-refractivity contribution in [2.45, 2.75) is 0 Å². The smallest absolute Gasteiger partial charge is 0.222 e. The first kappa shape index (κ1) is 12.7. The summed E-state index contributed by atoms with van der Waals surface area (Å²) >= 11 is 5.82. The van der Waals surface area contributed by atoms with Crippen molar-refractivity contribution >= 4 is 28.5 Å². The molecule has 0 unspecified atom stereocenters. The SMILES string of the molecule is CN(C)c1cnc2ccc(-c3ccnc(Cl)n3)cc2n1. The van der Waals surface area contributed by atoms with Crippen molar-refractivity contribution in [1.29, 1.82) is 0 Å². The summed E-state index contributed by atoms with van der Waals surface area (Å²) in [5, 5.41) is 0.232. The highest BCUT2D eigenvalue weighted by Gasteiger charge is 2.05. The summed E-state index contributed by atoms with van der Waals surface area (Å²) in [7, 11) is 3.87. The molecule has 100 valence electrons. The van der Waals surface area contributed by atoms with E-state index < -0.39 is 0 Å². The minimum atomic E-state index is 0.232. The monoisotopic (exact) mass is 285 g/mol. The first-order chi connectivity index (χ1) is 9.63. The Morgan fingerprint density at radius 3 is 2.60 bits per heavy atom. The van der Waals surface area contributed by atoms with Gasteiger partial charge in [0.1, 0.15) is 5.82 Å². The molecule has 3 rings (SSSR count). The van der Waals surface area contributed by atoms with Crippen molar-refractivity contribution in [3.05, 3.63) is 41.9 Å². The summed E-state index contributed by atoms with van der Waals surface area (Å²) in [4.78, 5) is 19.0. The number of halogens is 1. The molecule has 0 aliphatic heterocycles. The van der Waals surface area contributed by atoms with Gasteiger partial charge in [0.15, 0.2) is 0 Å². The molecule has 2 aromatic heterocycles. The Morgan fingerprint density at radius 1 is 1.00 bits per heavy atom. The van der Waals surface area contributed by atoms with E-state index in [0.717, 1.165) is 28.1 Å². The fourth-order valence-electron chi connectivity index (χ4n) is 1.87. The molecule has 5 nitrogen and oxygen atoms in total. The Kier molecular flexibility index (Phi) is 3.20. The summed E-state index contributed by atoms with van der Waals surface area (Å²) in [5.74, 6) is 0.815. The van der Waals surface area contributed by atoms with Gasteiger partial charge in [-0.15, -0.1) is 0 Å². The number of benzene rings is 1. The number of hydrogen-bond acceptors (Lipinski definition) is 5.